The van der Waals surface area contributed by atoms with E-state index in [1.54, 1.807) is 0 Å². The molecule has 1 N–H and O–H groups in total. The normalized spacial score (nSPS) is 21.4. The standard InChI is InChI=1S/C18H21NO3/c1-2-10-22-16-9-4-3-6-12(16)13-11-17(21)19-14-7-5-8-15(20)18(13)14/h3-4,6,9,13H,2,5,7-8,10-11H2,1H3,(H,19,21)/t13-/m1/s1. The van der Waals surface area contributed by atoms with Gasteiger partial charge in [0.05, 0.1) is 6.61 Å². The lowest BCUT2D eigenvalue weighted by Gasteiger charge is -2.31. The molecule has 0 bridgehead atoms. The molecule has 1 atom stereocenters. The summed E-state index contributed by atoms with van der Waals surface area (Å²) in [4.78, 5) is 24.4. The van der Waals surface area contributed by atoms with E-state index < -0.39 is 0 Å². The van der Waals surface area contributed by atoms with E-state index in [1.165, 1.54) is 0 Å². The van der Waals surface area contributed by atoms with Crippen LogP contribution in [0.3, 0.4) is 0 Å². The molecule has 1 amide bonds. The largest absolute Gasteiger partial charge is 0.493 e. The number of hydrogen-bond acceptors (Lipinski definition) is 3. The Morgan fingerprint density at radius 1 is 1.23 bits per heavy atom. The Bertz CT molecular complexity index is 633. The lowest BCUT2D eigenvalue weighted by Crippen LogP contribution is -2.36. The van der Waals surface area contributed by atoms with Gasteiger partial charge >= 0.3 is 0 Å². The first-order chi connectivity index (χ1) is 10.7. The van der Waals surface area contributed by atoms with Crippen LogP contribution in [0.1, 0.15) is 50.5 Å². The van der Waals surface area contributed by atoms with Gasteiger partial charge in [0.2, 0.25) is 5.91 Å². The van der Waals surface area contributed by atoms with Gasteiger partial charge in [0.15, 0.2) is 5.78 Å². The first kappa shape index (κ1) is 14.8. The van der Waals surface area contributed by atoms with E-state index in [0.29, 0.717) is 19.4 Å². The van der Waals surface area contributed by atoms with Gasteiger partial charge in [-0.05, 0) is 25.3 Å². The van der Waals surface area contributed by atoms with Gasteiger partial charge in [0.1, 0.15) is 5.75 Å². The smallest absolute Gasteiger partial charge is 0.225 e. The topological polar surface area (TPSA) is 55.4 Å². The molecule has 0 radical (unpaired) electrons. The fraction of sp³-hybridized carbons (Fsp3) is 0.444. The average molecular weight is 299 g/mol. The fourth-order valence-electron chi connectivity index (χ4n) is 3.28. The molecular weight excluding hydrogens is 278 g/mol. The molecule has 1 heterocycles. The summed E-state index contributed by atoms with van der Waals surface area (Å²) in [5.41, 5.74) is 2.56. The summed E-state index contributed by atoms with van der Waals surface area (Å²) in [6.07, 6.45) is 3.41. The van der Waals surface area contributed by atoms with E-state index in [9.17, 15) is 9.59 Å². The number of ether oxygens (including phenoxy) is 1. The van der Waals surface area contributed by atoms with E-state index in [0.717, 1.165) is 41.8 Å². The van der Waals surface area contributed by atoms with Gasteiger partial charge < -0.3 is 10.1 Å². The van der Waals surface area contributed by atoms with Crippen molar-refractivity contribution in [3.8, 4) is 5.75 Å². The van der Waals surface area contributed by atoms with Crippen LogP contribution in [0.2, 0.25) is 0 Å². The number of carbonyl (C=O) groups excluding carboxylic acids is 2. The average Bonchev–Trinajstić information content (AvgIpc) is 2.52. The SMILES string of the molecule is CCCOc1ccccc1[C@H]1CC(=O)NC2=C1C(=O)CCC2. The first-order valence-electron chi connectivity index (χ1n) is 7.98. The monoisotopic (exact) mass is 299 g/mol. The molecule has 1 aromatic rings. The molecule has 0 saturated heterocycles. The van der Waals surface area contributed by atoms with Crippen molar-refractivity contribution < 1.29 is 14.3 Å². The maximum atomic E-state index is 12.4. The Morgan fingerprint density at radius 3 is 2.86 bits per heavy atom. The first-order valence-corrected chi connectivity index (χ1v) is 7.98. The van der Waals surface area contributed by atoms with Crippen LogP contribution in [0.4, 0.5) is 0 Å². The molecule has 1 aromatic carbocycles. The van der Waals surface area contributed by atoms with Crippen molar-refractivity contribution in [2.45, 2.75) is 44.9 Å². The summed E-state index contributed by atoms with van der Waals surface area (Å²) < 4.78 is 5.82. The zero-order valence-electron chi connectivity index (χ0n) is 12.9. The number of hydrogen-bond donors (Lipinski definition) is 1. The molecule has 1 aliphatic heterocycles. The van der Waals surface area contributed by atoms with Crippen LogP contribution in [0.5, 0.6) is 5.75 Å². The van der Waals surface area contributed by atoms with E-state index in [2.05, 4.69) is 12.2 Å². The Balaban J connectivity index is 2.02. The zero-order valence-corrected chi connectivity index (χ0v) is 12.9. The molecule has 1 aliphatic carbocycles. The molecule has 0 aromatic heterocycles. The second-order valence-corrected chi connectivity index (χ2v) is 5.86. The number of rotatable bonds is 4. The third-order valence-electron chi connectivity index (χ3n) is 4.24. The molecule has 0 unspecified atom stereocenters. The van der Waals surface area contributed by atoms with Crippen LogP contribution in [-0.4, -0.2) is 18.3 Å². The Hall–Kier alpha value is -2.10. The second-order valence-electron chi connectivity index (χ2n) is 5.86. The lowest BCUT2D eigenvalue weighted by atomic mass is 9.78. The highest BCUT2D eigenvalue weighted by Crippen LogP contribution is 2.41. The molecule has 4 heteroatoms. The van der Waals surface area contributed by atoms with E-state index in [1.807, 2.05) is 24.3 Å². The maximum absolute atomic E-state index is 12.4. The number of carbonyl (C=O) groups is 2. The fourth-order valence-corrected chi connectivity index (χ4v) is 3.28. The van der Waals surface area contributed by atoms with E-state index in [-0.39, 0.29) is 17.6 Å². The predicted octanol–water partition coefficient (Wildman–Crippen LogP) is 3.09. The maximum Gasteiger partial charge on any atom is 0.225 e. The third-order valence-corrected chi connectivity index (χ3v) is 4.24. The summed E-state index contributed by atoms with van der Waals surface area (Å²) in [5, 5.41) is 2.89. The third kappa shape index (κ3) is 2.78. The minimum atomic E-state index is -0.176. The van der Waals surface area contributed by atoms with Crippen LogP contribution in [0.15, 0.2) is 35.5 Å². The summed E-state index contributed by atoms with van der Waals surface area (Å²) in [6, 6.07) is 7.76. The molecular formula is C18H21NO3. The van der Waals surface area contributed by atoms with Crippen LogP contribution in [0.25, 0.3) is 0 Å². The number of benzene rings is 1. The van der Waals surface area contributed by atoms with Crippen molar-refractivity contribution in [3.05, 3.63) is 41.1 Å². The van der Waals surface area contributed by atoms with Crippen LogP contribution in [0, 0.1) is 0 Å². The van der Waals surface area contributed by atoms with Crippen molar-refractivity contribution in [3.63, 3.8) is 0 Å². The summed E-state index contributed by atoms with van der Waals surface area (Å²) >= 11 is 0. The van der Waals surface area contributed by atoms with Gasteiger partial charge in [-0.25, -0.2) is 0 Å². The molecule has 4 nitrogen and oxygen atoms in total. The number of allylic oxidation sites excluding steroid dienone is 2. The van der Waals surface area contributed by atoms with Crippen LogP contribution in [-0.2, 0) is 9.59 Å². The predicted molar refractivity (Wildman–Crippen MR) is 83.6 cm³/mol. The molecule has 22 heavy (non-hydrogen) atoms. The zero-order chi connectivity index (χ0) is 15.5. The number of ketones is 1. The van der Waals surface area contributed by atoms with Crippen LogP contribution < -0.4 is 10.1 Å². The van der Waals surface area contributed by atoms with Crippen molar-refractivity contribution in [1.29, 1.82) is 0 Å². The summed E-state index contributed by atoms with van der Waals surface area (Å²) in [5.74, 6) is 0.763. The van der Waals surface area contributed by atoms with Gasteiger partial charge in [0, 0.05) is 35.6 Å². The molecule has 0 saturated carbocycles. The number of para-hydroxylation sites is 1. The Labute approximate surface area is 130 Å². The molecule has 2 aliphatic rings. The van der Waals surface area contributed by atoms with Crippen molar-refractivity contribution in [1.82, 2.24) is 5.32 Å². The molecule has 116 valence electrons. The Kier molecular flexibility index (Phi) is 4.27. The van der Waals surface area contributed by atoms with Gasteiger partial charge in [-0.3, -0.25) is 9.59 Å². The molecule has 0 spiro atoms. The highest BCUT2D eigenvalue weighted by atomic mass is 16.5. The quantitative estimate of drug-likeness (QED) is 0.929. The minimum absolute atomic E-state index is 0.0104. The molecule has 0 fully saturated rings. The van der Waals surface area contributed by atoms with Crippen molar-refractivity contribution >= 4 is 11.7 Å². The van der Waals surface area contributed by atoms with E-state index >= 15 is 0 Å². The number of amides is 1. The lowest BCUT2D eigenvalue weighted by molar-refractivity contribution is -0.122. The van der Waals surface area contributed by atoms with Gasteiger partial charge in [-0.15, -0.1) is 0 Å². The molecule has 3 rings (SSSR count). The summed E-state index contributed by atoms with van der Waals surface area (Å²) in [6.45, 7) is 2.69. The van der Waals surface area contributed by atoms with Gasteiger partial charge in [0.25, 0.3) is 0 Å². The highest BCUT2D eigenvalue weighted by molar-refractivity contribution is 6.01. The number of Topliss-reactive ketones (excluding diaryl/α,β-unsaturated/α-hetero) is 1. The van der Waals surface area contributed by atoms with Crippen LogP contribution >= 0.6 is 0 Å². The van der Waals surface area contributed by atoms with Crippen molar-refractivity contribution in [2.24, 2.45) is 0 Å². The second kappa shape index (κ2) is 6.34. The van der Waals surface area contributed by atoms with Crippen molar-refractivity contribution in [2.75, 3.05) is 6.61 Å². The number of nitrogens with one attached hydrogen (secondary N) is 1. The van der Waals surface area contributed by atoms with Gasteiger partial charge in [-0.1, -0.05) is 25.1 Å². The van der Waals surface area contributed by atoms with Gasteiger partial charge in [-0.2, -0.15) is 0 Å². The van der Waals surface area contributed by atoms with E-state index in [4.69, 9.17) is 4.74 Å². The minimum Gasteiger partial charge on any atom is -0.493 e. The Morgan fingerprint density at radius 2 is 2.05 bits per heavy atom. The summed E-state index contributed by atoms with van der Waals surface area (Å²) in [7, 11) is 0. The highest BCUT2D eigenvalue weighted by Gasteiger charge is 2.35.